The predicted octanol–water partition coefficient (Wildman–Crippen LogP) is 3.04. The molecule has 1 amide bonds. The Morgan fingerprint density at radius 2 is 2.20 bits per heavy atom. The van der Waals surface area contributed by atoms with Gasteiger partial charge in [-0.2, -0.15) is 0 Å². The van der Waals surface area contributed by atoms with Crippen LogP contribution < -0.4 is 5.32 Å². The molecule has 1 unspecified atom stereocenters. The van der Waals surface area contributed by atoms with Crippen LogP contribution in [0.2, 0.25) is 5.02 Å². The van der Waals surface area contributed by atoms with Crippen LogP contribution in [0.4, 0.5) is 0 Å². The lowest BCUT2D eigenvalue weighted by Crippen LogP contribution is -2.57. The highest BCUT2D eigenvalue weighted by molar-refractivity contribution is 6.30. The van der Waals surface area contributed by atoms with Gasteiger partial charge in [0.1, 0.15) is 0 Å². The standard InChI is InChI=1S/C16H22ClNO2/c1-3-15(2,11-19)18-14(20)16(8-5-9-16)12-6-4-7-13(17)10-12/h4,6-7,10,19H,3,5,8-9,11H2,1-2H3,(H,18,20). The summed E-state index contributed by atoms with van der Waals surface area (Å²) in [6.07, 6.45) is 3.41. The SMILES string of the molecule is CCC(C)(CO)NC(=O)C1(c2cccc(Cl)c2)CCC1. The maximum Gasteiger partial charge on any atom is 0.231 e. The first-order valence-electron chi connectivity index (χ1n) is 7.15. The van der Waals surface area contributed by atoms with E-state index in [1.165, 1.54) is 0 Å². The molecule has 3 nitrogen and oxygen atoms in total. The molecule has 0 spiro atoms. The van der Waals surface area contributed by atoms with Crippen LogP contribution in [0.1, 0.15) is 45.1 Å². The third-order valence-electron chi connectivity index (χ3n) is 4.56. The summed E-state index contributed by atoms with van der Waals surface area (Å²) in [4.78, 5) is 12.7. The van der Waals surface area contributed by atoms with Gasteiger partial charge in [0.05, 0.1) is 17.6 Å². The van der Waals surface area contributed by atoms with Crippen LogP contribution >= 0.6 is 11.6 Å². The minimum absolute atomic E-state index is 0.00409. The highest BCUT2D eigenvalue weighted by atomic mass is 35.5. The molecule has 4 heteroatoms. The van der Waals surface area contributed by atoms with E-state index >= 15 is 0 Å². The Balaban J connectivity index is 2.25. The van der Waals surface area contributed by atoms with E-state index in [-0.39, 0.29) is 12.5 Å². The minimum Gasteiger partial charge on any atom is -0.394 e. The number of benzene rings is 1. The number of halogens is 1. The zero-order valence-corrected chi connectivity index (χ0v) is 12.8. The van der Waals surface area contributed by atoms with E-state index in [0.29, 0.717) is 11.4 Å². The van der Waals surface area contributed by atoms with Gasteiger partial charge in [-0.25, -0.2) is 0 Å². The van der Waals surface area contributed by atoms with Crippen LogP contribution in [-0.4, -0.2) is 23.2 Å². The zero-order chi connectivity index (χ0) is 14.8. The van der Waals surface area contributed by atoms with Crippen molar-refractivity contribution in [3.05, 3.63) is 34.9 Å². The zero-order valence-electron chi connectivity index (χ0n) is 12.1. The lowest BCUT2D eigenvalue weighted by atomic mass is 9.63. The Hall–Kier alpha value is -1.06. The number of hydrogen-bond acceptors (Lipinski definition) is 2. The van der Waals surface area contributed by atoms with Crippen LogP contribution in [0.25, 0.3) is 0 Å². The normalized spacial score (nSPS) is 19.8. The number of nitrogens with one attached hydrogen (secondary N) is 1. The number of carbonyl (C=O) groups is 1. The molecule has 0 bridgehead atoms. The first-order chi connectivity index (χ1) is 9.46. The average Bonchev–Trinajstić information content (AvgIpc) is 2.37. The van der Waals surface area contributed by atoms with E-state index in [9.17, 15) is 9.90 Å². The van der Waals surface area contributed by atoms with Crippen molar-refractivity contribution in [3.63, 3.8) is 0 Å². The fraction of sp³-hybridized carbons (Fsp3) is 0.562. The van der Waals surface area contributed by atoms with E-state index in [4.69, 9.17) is 11.6 Å². The number of carbonyl (C=O) groups excluding carboxylic acids is 1. The molecule has 0 aromatic heterocycles. The molecule has 1 atom stereocenters. The van der Waals surface area contributed by atoms with Gasteiger partial charge in [0.15, 0.2) is 0 Å². The number of aliphatic hydroxyl groups excluding tert-OH is 1. The highest BCUT2D eigenvalue weighted by Gasteiger charge is 2.47. The quantitative estimate of drug-likeness (QED) is 0.877. The molecule has 1 fully saturated rings. The molecule has 0 saturated heterocycles. The summed E-state index contributed by atoms with van der Waals surface area (Å²) in [6, 6.07) is 7.55. The van der Waals surface area contributed by atoms with Crippen molar-refractivity contribution in [3.8, 4) is 0 Å². The number of aliphatic hydroxyl groups is 1. The van der Waals surface area contributed by atoms with Crippen LogP contribution in [0.3, 0.4) is 0 Å². The van der Waals surface area contributed by atoms with E-state index in [1.807, 2.05) is 38.1 Å². The molecule has 2 N–H and O–H groups in total. The van der Waals surface area contributed by atoms with Gasteiger partial charge in [0.2, 0.25) is 5.91 Å². The Morgan fingerprint density at radius 3 is 2.65 bits per heavy atom. The maximum atomic E-state index is 12.7. The summed E-state index contributed by atoms with van der Waals surface area (Å²) < 4.78 is 0. The molecule has 1 saturated carbocycles. The van der Waals surface area contributed by atoms with E-state index in [2.05, 4.69) is 5.32 Å². The molecular formula is C16H22ClNO2. The molecule has 1 aliphatic rings. The third-order valence-corrected chi connectivity index (χ3v) is 4.80. The largest absolute Gasteiger partial charge is 0.394 e. The molecule has 0 aliphatic heterocycles. The summed E-state index contributed by atoms with van der Waals surface area (Å²) in [6.45, 7) is 3.78. The van der Waals surface area contributed by atoms with Crippen LogP contribution in [0.15, 0.2) is 24.3 Å². The number of hydrogen-bond donors (Lipinski definition) is 2. The molecule has 0 heterocycles. The first-order valence-corrected chi connectivity index (χ1v) is 7.53. The van der Waals surface area contributed by atoms with Crippen molar-refractivity contribution < 1.29 is 9.90 Å². The highest BCUT2D eigenvalue weighted by Crippen LogP contribution is 2.44. The summed E-state index contributed by atoms with van der Waals surface area (Å²) in [5, 5.41) is 13.1. The second-order valence-corrected chi connectivity index (χ2v) is 6.41. The topological polar surface area (TPSA) is 49.3 Å². The van der Waals surface area contributed by atoms with Gasteiger partial charge in [-0.05, 0) is 43.9 Å². The first kappa shape index (κ1) is 15.3. The minimum atomic E-state index is -0.557. The van der Waals surface area contributed by atoms with Crippen LogP contribution in [0.5, 0.6) is 0 Å². The molecule has 1 aromatic carbocycles. The van der Waals surface area contributed by atoms with E-state index < -0.39 is 11.0 Å². The lowest BCUT2D eigenvalue weighted by Gasteiger charge is -2.43. The Bertz CT molecular complexity index is 493. The summed E-state index contributed by atoms with van der Waals surface area (Å²) in [7, 11) is 0. The van der Waals surface area contributed by atoms with Gasteiger partial charge in [-0.3, -0.25) is 4.79 Å². The average molecular weight is 296 g/mol. The molecule has 20 heavy (non-hydrogen) atoms. The van der Waals surface area contributed by atoms with Gasteiger partial charge in [-0.1, -0.05) is 37.1 Å². The summed E-state index contributed by atoms with van der Waals surface area (Å²) >= 11 is 6.05. The van der Waals surface area contributed by atoms with Crippen molar-refractivity contribution in [2.45, 2.75) is 50.5 Å². The molecular weight excluding hydrogens is 274 g/mol. The summed E-state index contributed by atoms with van der Waals surface area (Å²) in [5.74, 6) is 0.00409. The second kappa shape index (κ2) is 5.74. The molecule has 1 aliphatic carbocycles. The van der Waals surface area contributed by atoms with Gasteiger partial charge in [-0.15, -0.1) is 0 Å². The van der Waals surface area contributed by atoms with Gasteiger partial charge >= 0.3 is 0 Å². The van der Waals surface area contributed by atoms with Crippen LogP contribution in [-0.2, 0) is 10.2 Å². The maximum absolute atomic E-state index is 12.7. The molecule has 2 rings (SSSR count). The monoisotopic (exact) mass is 295 g/mol. The second-order valence-electron chi connectivity index (χ2n) is 5.97. The van der Waals surface area contributed by atoms with E-state index in [0.717, 1.165) is 24.8 Å². The molecule has 0 radical (unpaired) electrons. The smallest absolute Gasteiger partial charge is 0.231 e. The molecule has 110 valence electrons. The van der Waals surface area contributed by atoms with Crippen molar-refractivity contribution in [2.24, 2.45) is 0 Å². The van der Waals surface area contributed by atoms with Crippen molar-refractivity contribution in [1.29, 1.82) is 0 Å². The Kier molecular flexibility index (Phi) is 4.40. The Morgan fingerprint density at radius 1 is 1.50 bits per heavy atom. The van der Waals surface area contributed by atoms with Gasteiger partial charge < -0.3 is 10.4 Å². The lowest BCUT2D eigenvalue weighted by molar-refractivity contribution is -0.132. The third kappa shape index (κ3) is 2.70. The van der Waals surface area contributed by atoms with E-state index in [1.54, 1.807) is 0 Å². The number of amides is 1. The van der Waals surface area contributed by atoms with Gasteiger partial charge in [0.25, 0.3) is 0 Å². The fourth-order valence-corrected chi connectivity index (χ4v) is 2.79. The van der Waals surface area contributed by atoms with Crippen molar-refractivity contribution >= 4 is 17.5 Å². The Labute approximate surface area is 125 Å². The van der Waals surface area contributed by atoms with Crippen LogP contribution in [0, 0.1) is 0 Å². The number of rotatable bonds is 5. The van der Waals surface area contributed by atoms with Crippen molar-refractivity contribution in [1.82, 2.24) is 5.32 Å². The van der Waals surface area contributed by atoms with Gasteiger partial charge in [0, 0.05) is 5.02 Å². The predicted molar refractivity (Wildman–Crippen MR) is 80.9 cm³/mol. The fourth-order valence-electron chi connectivity index (χ4n) is 2.60. The van der Waals surface area contributed by atoms with Crippen molar-refractivity contribution in [2.75, 3.05) is 6.61 Å². The molecule has 1 aromatic rings. The summed E-state index contributed by atoms with van der Waals surface area (Å²) in [5.41, 5.74) is -0.0560.